The van der Waals surface area contributed by atoms with Crippen LogP contribution in [0.1, 0.15) is 19.3 Å². The monoisotopic (exact) mass is 441 g/mol. The molecule has 2 aromatic rings. The second-order valence-corrected chi connectivity index (χ2v) is 7.94. The Labute approximate surface area is 179 Å². The predicted octanol–water partition coefficient (Wildman–Crippen LogP) is 4.84. The number of piperidine rings is 1. The Morgan fingerprint density at radius 3 is 2.57 bits per heavy atom. The number of halogens is 3. The summed E-state index contributed by atoms with van der Waals surface area (Å²) in [4.78, 5) is 18.9. The molecule has 0 radical (unpaired) electrons. The molecule has 0 aliphatic carbocycles. The fourth-order valence-corrected chi connectivity index (χ4v) is 3.70. The summed E-state index contributed by atoms with van der Waals surface area (Å²) in [5.41, 5.74) is 0. The molecular weight excluding hydrogens is 421 g/mol. The lowest BCUT2D eigenvalue weighted by Crippen LogP contribution is -2.41. The lowest BCUT2D eigenvalue weighted by molar-refractivity contribution is -0.125. The molecule has 1 N–H and O–H groups in total. The number of nitrogens with zero attached hydrogens (tertiary/aromatic N) is 2. The number of ether oxygens (including phenoxy) is 1. The first-order chi connectivity index (χ1) is 13.5. The Hall–Kier alpha value is -1.69. The minimum Gasteiger partial charge on any atom is -0.492 e. The van der Waals surface area contributed by atoms with Gasteiger partial charge in [0.15, 0.2) is 0 Å². The minimum atomic E-state index is 0.0372. The van der Waals surface area contributed by atoms with Gasteiger partial charge in [0.1, 0.15) is 11.6 Å². The third-order valence-corrected chi connectivity index (χ3v) is 5.43. The maximum absolute atomic E-state index is 12.4. The van der Waals surface area contributed by atoms with Gasteiger partial charge in [0.25, 0.3) is 0 Å². The van der Waals surface area contributed by atoms with Crippen molar-refractivity contribution in [2.75, 3.05) is 31.1 Å². The van der Waals surface area contributed by atoms with E-state index in [0.29, 0.717) is 40.4 Å². The van der Waals surface area contributed by atoms with Gasteiger partial charge in [-0.25, -0.2) is 4.98 Å². The summed E-state index contributed by atoms with van der Waals surface area (Å²) < 4.78 is 5.63. The molecule has 1 aromatic heterocycles. The van der Waals surface area contributed by atoms with E-state index in [4.69, 9.17) is 39.5 Å². The van der Waals surface area contributed by atoms with Crippen molar-refractivity contribution < 1.29 is 9.53 Å². The van der Waals surface area contributed by atoms with Gasteiger partial charge < -0.3 is 15.0 Å². The Morgan fingerprint density at radius 2 is 1.89 bits per heavy atom. The van der Waals surface area contributed by atoms with Crippen LogP contribution in [0, 0.1) is 5.92 Å². The molecule has 8 heteroatoms. The Bertz CT molecular complexity index is 794. The summed E-state index contributed by atoms with van der Waals surface area (Å²) in [5, 5.41) is 4.68. The number of hydrogen-bond donors (Lipinski definition) is 1. The van der Waals surface area contributed by atoms with E-state index in [2.05, 4.69) is 15.2 Å². The molecule has 2 heterocycles. The second kappa shape index (κ2) is 10.2. The first kappa shape index (κ1) is 21.0. The summed E-state index contributed by atoms with van der Waals surface area (Å²) >= 11 is 17.8. The van der Waals surface area contributed by atoms with Gasteiger partial charge in [0.2, 0.25) is 5.91 Å². The van der Waals surface area contributed by atoms with Crippen LogP contribution in [0.25, 0.3) is 0 Å². The second-order valence-electron chi connectivity index (χ2n) is 6.66. The zero-order valence-corrected chi connectivity index (χ0v) is 17.6. The van der Waals surface area contributed by atoms with Gasteiger partial charge in [-0.3, -0.25) is 4.79 Å². The molecule has 1 aromatic carbocycles. The Balaban J connectivity index is 1.34. The summed E-state index contributed by atoms with van der Waals surface area (Å²) in [6.07, 6.45) is 3.98. The Morgan fingerprint density at radius 1 is 1.14 bits per heavy atom. The molecule has 1 aliphatic rings. The fraction of sp³-hybridized carbons (Fsp3) is 0.400. The van der Waals surface area contributed by atoms with Gasteiger partial charge in [-0.05, 0) is 49.6 Å². The van der Waals surface area contributed by atoms with Crippen LogP contribution >= 0.6 is 34.8 Å². The molecule has 0 bridgehead atoms. The molecule has 150 valence electrons. The first-order valence-electron chi connectivity index (χ1n) is 9.25. The van der Waals surface area contributed by atoms with E-state index >= 15 is 0 Å². The van der Waals surface area contributed by atoms with E-state index in [9.17, 15) is 4.79 Å². The van der Waals surface area contributed by atoms with E-state index in [0.717, 1.165) is 31.7 Å². The van der Waals surface area contributed by atoms with Crippen LogP contribution < -0.4 is 15.0 Å². The predicted molar refractivity (Wildman–Crippen MR) is 114 cm³/mol. The maximum atomic E-state index is 12.4. The molecule has 1 aliphatic heterocycles. The van der Waals surface area contributed by atoms with Crippen molar-refractivity contribution >= 4 is 46.5 Å². The molecule has 3 rings (SSSR count). The number of benzene rings is 1. The summed E-state index contributed by atoms with van der Waals surface area (Å²) in [7, 11) is 0. The van der Waals surface area contributed by atoms with E-state index in [1.807, 2.05) is 12.1 Å². The summed E-state index contributed by atoms with van der Waals surface area (Å²) in [5.74, 6) is 1.64. The molecule has 1 saturated heterocycles. The van der Waals surface area contributed by atoms with Crippen molar-refractivity contribution in [1.82, 2.24) is 10.3 Å². The Kier molecular flexibility index (Phi) is 7.65. The number of rotatable bonds is 7. The van der Waals surface area contributed by atoms with Crippen molar-refractivity contribution in [3.05, 3.63) is 51.6 Å². The first-order valence-corrected chi connectivity index (χ1v) is 10.4. The average Bonchev–Trinajstić information content (AvgIpc) is 2.70. The topological polar surface area (TPSA) is 54.5 Å². The van der Waals surface area contributed by atoms with Crippen molar-refractivity contribution in [2.45, 2.75) is 19.3 Å². The molecule has 0 atom stereocenters. The molecule has 0 unspecified atom stereocenters. The molecular formula is C20H22Cl3N3O2. The quantitative estimate of drug-likeness (QED) is 0.623. The standard InChI is InChI=1S/C20H22Cl3N3O2/c21-15-2-4-18(17(23)12-15)28-11-1-8-24-20(27)14-6-9-26(10-7-14)19-5-3-16(22)13-25-19/h2-5,12-14H,1,6-11H2,(H,24,27). The van der Waals surface area contributed by atoms with Crippen molar-refractivity contribution in [2.24, 2.45) is 5.92 Å². The van der Waals surface area contributed by atoms with Crippen LogP contribution in [0.2, 0.25) is 15.1 Å². The highest BCUT2D eigenvalue weighted by atomic mass is 35.5. The molecule has 1 amide bonds. The highest BCUT2D eigenvalue weighted by Gasteiger charge is 2.25. The van der Waals surface area contributed by atoms with Gasteiger partial charge in [0.05, 0.1) is 16.7 Å². The van der Waals surface area contributed by atoms with E-state index in [1.165, 1.54) is 0 Å². The van der Waals surface area contributed by atoms with Crippen molar-refractivity contribution in [3.63, 3.8) is 0 Å². The van der Waals surface area contributed by atoms with Crippen molar-refractivity contribution in [3.8, 4) is 5.75 Å². The number of hydrogen-bond acceptors (Lipinski definition) is 4. The van der Waals surface area contributed by atoms with Crippen LogP contribution in [0.4, 0.5) is 5.82 Å². The number of carbonyl (C=O) groups excluding carboxylic acids is 1. The third-order valence-electron chi connectivity index (χ3n) is 4.67. The molecule has 0 spiro atoms. The highest BCUT2D eigenvalue weighted by Crippen LogP contribution is 2.27. The third kappa shape index (κ3) is 5.90. The maximum Gasteiger partial charge on any atom is 0.223 e. The summed E-state index contributed by atoms with van der Waals surface area (Å²) in [6, 6.07) is 8.87. The number of carbonyl (C=O) groups is 1. The lowest BCUT2D eigenvalue weighted by Gasteiger charge is -2.32. The van der Waals surface area contributed by atoms with Crippen molar-refractivity contribution in [1.29, 1.82) is 0 Å². The molecule has 0 saturated carbocycles. The number of amides is 1. The smallest absolute Gasteiger partial charge is 0.223 e. The number of pyridine rings is 1. The molecule has 28 heavy (non-hydrogen) atoms. The van der Waals surface area contributed by atoms with Crippen LogP contribution in [0.5, 0.6) is 5.75 Å². The minimum absolute atomic E-state index is 0.0372. The van der Waals surface area contributed by atoms with Gasteiger partial charge in [-0.1, -0.05) is 34.8 Å². The number of aromatic nitrogens is 1. The lowest BCUT2D eigenvalue weighted by atomic mass is 9.96. The van der Waals surface area contributed by atoms with Crippen LogP contribution in [0.15, 0.2) is 36.5 Å². The molecule has 5 nitrogen and oxygen atoms in total. The van der Waals surface area contributed by atoms with Gasteiger partial charge in [-0.2, -0.15) is 0 Å². The zero-order valence-electron chi connectivity index (χ0n) is 15.3. The number of nitrogens with one attached hydrogen (secondary N) is 1. The van der Waals surface area contributed by atoms with Crippen LogP contribution in [0.3, 0.4) is 0 Å². The largest absolute Gasteiger partial charge is 0.492 e. The zero-order chi connectivity index (χ0) is 19.9. The normalized spacial score (nSPS) is 14.8. The van der Waals surface area contributed by atoms with E-state index in [1.54, 1.807) is 24.4 Å². The van der Waals surface area contributed by atoms with E-state index < -0.39 is 0 Å². The van der Waals surface area contributed by atoms with Crippen LogP contribution in [-0.4, -0.2) is 37.1 Å². The van der Waals surface area contributed by atoms with Gasteiger partial charge >= 0.3 is 0 Å². The van der Waals surface area contributed by atoms with Gasteiger partial charge in [0, 0.05) is 36.8 Å². The molecule has 1 fully saturated rings. The SMILES string of the molecule is O=C(NCCCOc1ccc(Cl)cc1Cl)C1CCN(c2ccc(Cl)cn2)CC1. The van der Waals surface area contributed by atoms with E-state index in [-0.39, 0.29) is 11.8 Å². The number of anilines is 1. The summed E-state index contributed by atoms with van der Waals surface area (Å²) in [6.45, 7) is 2.67. The average molecular weight is 443 g/mol. The van der Waals surface area contributed by atoms with Gasteiger partial charge in [-0.15, -0.1) is 0 Å². The van der Waals surface area contributed by atoms with Crippen LogP contribution in [-0.2, 0) is 4.79 Å². The fourth-order valence-electron chi connectivity index (χ4n) is 3.13. The highest BCUT2D eigenvalue weighted by molar-refractivity contribution is 6.35.